The SMILES string of the molecule is CNCCCN(C)S(=O)(=O)Nc1cccnc1. The fraction of sp³-hybridized carbons (Fsp3) is 0.500. The Hall–Kier alpha value is -1.18. The van der Waals surface area contributed by atoms with Gasteiger partial charge in [0, 0.05) is 19.8 Å². The predicted molar refractivity (Wildman–Crippen MR) is 68.0 cm³/mol. The van der Waals surface area contributed by atoms with Crippen LogP contribution in [0.5, 0.6) is 0 Å². The fourth-order valence-electron chi connectivity index (χ4n) is 1.25. The third-order valence-electron chi connectivity index (χ3n) is 2.22. The van der Waals surface area contributed by atoms with Crippen LogP contribution in [-0.4, -0.2) is 44.9 Å². The molecule has 0 amide bonds. The van der Waals surface area contributed by atoms with Gasteiger partial charge in [0.2, 0.25) is 0 Å². The number of hydrogen-bond acceptors (Lipinski definition) is 4. The zero-order valence-electron chi connectivity index (χ0n) is 10.0. The second kappa shape index (κ2) is 6.53. The Morgan fingerprint density at radius 2 is 2.24 bits per heavy atom. The van der Waals surface area contributed by atoms with Crippen LogP contribution < -0.4 is 10.0 Å². The summed E-state index contributed by atoms with van der Waals surface area (Å²) in [5, 5.41) is 2.97. The summed E-state index contributed by atoms with van der Waals surface area (Å²) in [6.45, 7) is 1.25. The summed E-state index contributed by atoms with van der Waals surface area (Å²) in [7, 11) is -0.0926. The van der Waals surface area contributed by atoms with Crippen molar-refractivity contribution in [1.82, 2.24) is 14.6 Å². The lowest BCUT2D eigenvalue weighted by Gasteiger charge is -2.17. The van der Waals surface area contributed by atoms with Crippen LogP contribution in [0.15, 0.2) is 24.5 Å². The molecule has 1 rings (SSSR count). The molecular weight excluding hydrogens is 240 g/mol. The van der Waals surface area contributed by atoms with Gasteiger partial charge in [-0.05, 0) is 32.1 Å². The number of rotatable bonds is 7. The molecule has 0 saturated carbocycles. The van der Waals surface area contributed by atoms with Crippen LogP contribution in [0.4, 0.5) is 5.69 Å². The van der Waals surface area contributed by atoms with Crippen molar-refractivity contribution in [2.45, 2.75) is 6.42 Å². The van der Waals surface area contributed by atoms with E-state index < -0.39 is 10.2 Å². The van der Waals surface area contributed by atoms with Crippen LogP contribution in [0.3, 0.4) is 0 Å². The van der Waals surface area contributed by atoms with Gasteiger partial charge in [0.05, 0.1) is 11.9 Å². The molecule has 0 spiro atoms. The van der Waals surface area contributed by atoms with E-state index in [1.807, 2.05) is 7.05 Å². The van der Waals surface area contributed by atoms with Gasteiger partial charge in [-0.15, -0.1) is 0 Å². The highest BCUT2D eigenvalue weighted by Gasteiger charge is 2.16. The maximum atomic E-state index is 11.9. The Bertz CT molecular complexity index is 421. The fourth-order valence-corrected chi connectivity index (χ4v) is 2.19. The first-order valence-electron chi connectivity index (χ1n) is 5.35. The molecule has 0 bridgehead atoms. The first-order valence-corrected chi connectivity index (χ1v) is 6.79. The maximum Gasteiger partial charge on any atom is 0.301 e. The summed E-state index contributed by atoms with van der Waals surface area (Å²) >= 11 is 0. The highest BCUT2D eigenvalue weighted by molar-refractivity contribution is 7.90. The third kappa shape index (κ3) is 4.68. The molecule has 0 aliphatic heterocycles. The minimum atomic E-state index is -3.48. The van der Waals surface area contributed by atoms with Crippen molar-refractivity contribution in [1.29, 1.82) is 0 Å². The maximum absolute atomic E-state index is 11.9. The first-order chi connectivity index (χ1) is 8.06. The molecule has 2 N–H and O–H groups in total. The molecule has 17 heavy (non-hydrogen) atoms. The van der Waals surface area contributed by atoms with Gasteiger partial charge in [0.25, 0.3) is 0 Å². The van der Waals surface area contributed by atoms with Crippen molar-refractivity contribution in [2.75, 3.05) is 31.9 Å². The molecule has 1 heterocycles. The molecule has 0 aromatic carbocycles. The minimum Gasteiger partial charge on any atom is -0.320 e. The van der Waals surface area contributed by atoms with Gasteiger partial charge in [0.1, 0.15) is 0 Å². The first kappa shape index (κ1) is 13.9. The molecule has 0 unspecified atom stereocenters. The lowest BCUT2D eigenvalue weighted by molar-refractivity contribution is 0.462. The van der Waals surface area contributed by atoms with Crippen molar-refractivity contribution < 1.29 is 8.42 Å². The van der Waals surface area contributed by atoms with Crippen LogP contribution in [0.25, 0.3) is 0 Å². The van der Waals surface area contributed by atoms with Crippen LogP contribution in [0, 0.1) is 0 Å². The summed E-state index contributed by atoms with van der Waals surface area (Å²) in [6.07, 6.45) is 3.83. The van der Waals surface area contributed by atoms with Gasteiger partial charge in [-0.3, -0.25) is 9.71 Å². The van der Waals surface area contributed by atoms with Crippen molar-refractivity contribution >= 4 is 15.9 Å². The van der Waals surface area contributed by atoms with Crippen LogP contribution in [-0.2, 0) is 10.2 Å². The molecule has 1 aromatic heterocycles. The van der Waals surface area contributed by atoms with E-state index in [1.54, 1.807) is 25.4 Å². The third-order valence-corrected chi connectivity index (χ3v) is 3.72. The van der Waals surface area contributed by atoms with Gasteiger partial charge < -0.3 is 5.32 Å². The number of pyridine rings is 1. The molecule has 6 nitrogen and oxygen atoms in total. The van der Waals surface area contributed by atoms with E-state index >= 15 is 0 Å². The van der Waals surface area contributed by atoms with Crippen LogP contribution >= 0.6 is 0 Å². The van der Waals surface area contributed by atoms with Gasteiger partial charge >= 0.3 is 10.2 Å². The topological polar surface area (TPSA) is 74.3 Å². The number of anilines is 1. The van der Waals surface area contributed by atoms with Crippen molar-refractivity contribution in [2.24, 2.45) is 0 Å². The lowest BCUT2D eigenvalue weighted by atomic mass is 10.4. The van der Waals surface area contributed by atoms with E-state index in [0.29, 0.717) is 12.2 Å². The second-order valence-electron chi connectivity index (χ2n) is 3.63. The number of nitrogens with zero attached hydrogens (tertiary/aromatic N) is 2. The Labute approximate surface area is 102 Å². The predicted octanol–water partition coefficient (Wildman–Crippen LogP) is 0.280. The summed E-state index contributed by atoms with van der Waals surface area (Å²) in [4.78, 5) is 3.85. The molecule has 0 aliphatic rings. The molecule has 96 valence electrons. The van der Waals surface area contributed by atoms with Gasteiger partial charge in [-0.1, -0.05) is 0 Å². The molecule has 1 aromatic rings. The smallest absolute Gasteiger partial charge is 0.301 e. The monoisotopic (exact) mass is 258 g/mol. The van der Waals surface area contributed by atoms with Crippen molar-refractivity contribution in [3.8, 4) is 0 Å². The largest absolute Gasteiger partial charge is 0.320 e. The summed E-state index contributed by atoms with van der Waals surface area (Å²) in [5.74, 6) is 0. The molecule has 0 saturated heterocycles. The van der Waals surface area contributed by atoms with E-state index in [2.05, 4.69) is 15.0 Å². The van der Waals surface area contributed by atoms with E-state index in [0.717, 1.165) is 13.0 Å². The lowest BCUT2D eigenvalue weighted by Crippen LogP contribution is -2.34. The van der Waals surface area contributed by atoms with Crippen molar-refractivity contribution in [3.63, 3.8) is 0 Å². The Morgan fingerprint density at radius 3 is 2.82 bits per heavy atom. The average molecular weight is 258 g/mol. The number of nitrogens with one attached hydrogen (secondary N) is 2. The molecule has 0 aliphatic carbocycles. The minimum absolute atomic E-state index is 0.466. The standard InChI is InChI=1S/C10H18N4O2S/c1-11-6-4-8-14(2)17(15,16)13-10-5-3-7-12-9-10/h3,5,7,9,11,13H,4,6,8H2,1-2H3. The van der Waals surface area contributed by atoms with E-state index in [9.17, 15) is 8.42 Å². The highest BCUT2D eigenvalue weighted by atomic mass is 32.2. The van der Waals surface area contributed by atoms with E-state index in [1.165, 1.54) is 10.5 Å². The summed E-state index contributed by atoms with van der Waals surface area (Å²) < 4.78 is 27.5. The summed E-state index contributed by atoms with van der Waals surface area (Å²) in [5.41, 5.74) is 0.466. The summed E-state index contributed by atoms with van der Waals surface area (Å²) in [6, 6.07) is 3.34. The van der Waals surface area contributed by atoms with Crippen molar-refractivity contribution in [3.05, 3.63) is 24.5 Å². The number of hydrogen-bond donors (Lipinski definition) is 2. The zero-order valence-corrected chi connectivity index (χ0v) is 10.9. The Kier molecular flexibility index (Phi) is 5.33. The molecule has 0 fully saturated rings. The van der Waals surface area contributed by atoms with Gasteiger partial charge in [-0.2, -0.15) is 12.7 Å². The quantitative estimate of drug-likeness (QED) is 0.689. The van der Waals surface area contributed by atoms with Gasteiger partial charge in [-0.25, -0.2) is 0 Å². The zero-order chi connectivity index (χ0) is 12.7. The normalized spacial score (nSPS) is 11.7. The van der Waals surface area contributed by atoms with Gasteiger partial charge in [0.15, 0.2) is 0 Å². The Morgan fingerprint density at radius 1 is 1.47 bits per heavy atom. The van der Waals surface area contributed by atoms with Crippen LogP contribution in [0.2, 0.25) is 0 Å². The molecule has 0 atom stereocenters. The van der Waals surface area contributed by atoms with E-state index in [4.69, 9.17) is 0 Å². The second-order valence-corrected chi connectivity index (χ2v) is 5.41. The van der Waals surface area contributed by atoms with Crippen LogP contribution in [0.1, 0.15) is 6.42 Å². The number of aromatic nitrogens is 1. The highest BCUT2D eigenvalue weighted by Crippen LogP contribution is 2.08. The Balaban J connectivity index is 2.56. The molecule has 7 heteroatoms. The molecular formula is C10H18N4O2S. The molecule has 0 radical (unpaired) electrons. The average Bonchev–Trinajstić information content (AvgIpc) is 2.30. The van der Waals surface area contributed by atoms with E-state index in [-0.39, 0.29) is 0 Å².